The number of carbonyl (C=O) groups is 1. The van der Waals surface area contributed by atoms with Crippen molar-refractivity contribution in [2.24, 2.45) is 0 Å². The Balaban J connectivity index is 1.72. The van der Waals surface area contributed by atoms with E-state index in [0.717, 1.165) is 16.0 Å². The first-order valence-electron chi connectivity index (χ1n) is 9.32. The van der Waals surface area contributed by atoms with Crippen LogP contribution in [-0.4, -0.2) is 18.7 Å². The second-order valence-corrected chi connectivity index (χ2v) is 10.8. The zero-order chi connectivity index (χ0) is 21.0. The van der Waals surface area contributed by atoms with Gasteiger partial charge in [0.15, 0.2) is 0 Å². The number of nitrogen functional groups attached to an aromatic ring is 1. The minimum atomic E-state index is -2.72. The predicted molar refractivity (Wildman–Crippen MR) is 122 cm³/mol. The van der Waals surface area contributed by atoms with Gasteiger partial charge in [0, 0.05) is 23.3 Å². The molecule has 29 heavy (non-hydrogen) atoms. The number of rotatable bonds is 7. The summed E-state index contributed by atoms with van der Waals surface area (Å²) in [5, 5.41) is 4.89. The van der Waals surface area contributed by atoms with Crippen molar-refractivity contribution in [2.45, 2.75) is 26.1 Å². The lowest BCUT2D eigenvalue weighted by Crippen LogP contribution is -2.13. The number of hydrogen-bond acceptors (Lipinski definition) is 5. The molecule has 0 aliphatic rings. The van der Waals surface area contributed by atoms with Gasteiger partial charge in [0.25, 0.3) is 5.91 Å². The molecule has 0 radical (unpaired) electrons. The fourth-order valence-electron chi connectivity index (χ4n) is 3.03. The Morgan fingerprint density at radius 3 is 2.52 bits per heavy atom. The molecule has 5 nitrogen and oxygen atoms in total. The smallest absolute Gasteiger partial charge is 0.255 e. The number of nitrogens with two attached hydrogens (primary N) is 1. The maximum absolute atomic E-state index is 12.7. The molecule has 1 aromatic heterocycles. The van der Waals surface area contributed by atoms with Gasteiger partial charge in [-0.3, -0.25) is 9.36 Å². The molecule has 3 aromatic rings. The van der Waals surface area contributed by atoms with E-state index in [0.29, 0.717) is 23.1 Å². The molecule has 3 rings (SSSR count). The Bertz CT molecular complexity index is 1030. The molecule has 0 spiro atoms. The number of thiophene rings is 1. The van der Waals surface area contributed by atoms with Gasteiger partial charge in [-0.1, -0.05) is 24.3 Å². The molecule has 1 amide bonds. The first-order valence-corrected chi connectivity index (χ1v) is 12.5. The van der Waals surface area contributed by atoms with Gasteiger partial charge in [-0.25, -0.2) is 0 Å². The molecule has 152 valence electrons. The van der Waals surface area contributed by atoms with E-state index in [1.165, 1.54) is 0 Å². The zero-order valence-corrected chi connectivity index (χ0v) is 18.4. The van der Waals surface area contributed by atoms with Crippen LogP contribution in [0.5, 0.6) is 0 Å². The Kier molecular flexibility index (Phi) is 6.58. The van der Waals surface area contributed by atoms with Gasteiger partial charge in [0.05, 0.1) is 17.5 Å². The van der Waals surface area contributed by atoms with Crippen molar-refractivity contribution in [3.8, 4) is 10.4 Å². The summed E-state index contributed by atoms with van der Waals surface area (Å²) < 4.78 is 18.0. The van der Waals surface area contributed by atoms with E-state index in [1.54, 1.807) is 48.3 Å². The van der Waals surface area contributed by atoms with Crippen molar-refractivity contribution in [1.29, 1.82) is 0 Å². The molecule has 1 atom stereocenters. The Morgan fingerprint density at radius 1 is 1.17 bits per heavy atom. The van der Waals surface area contributed by atoms with Crippen LogP contribution in [0.4, 0.5) is 11.4 Å². The van der Waals surface area contributed by atoms with Crippen LogP contribution in [0, 0.1) is 0 Å². The highest BCUT2D eigenvalue weighted by molar-refractivity contribution is 7.57. The van der Waals surface area contributed by atoms with Crippen molar-refractivity contribution in [1.82, 2.24) is 0 Å². The van der Waals surface area contributed by atoms with E-state index >= 15 is 0 Å². The average molecular weight is 428 g/mol. The lowest BCUT2D eigenvalue weighted by atomic mass is 10.1. The average Bonchev–Trinajstić information content (AvgIpc) is 3.17. The summed E-state index contributed by atoms with van der Waals surface area (Å²) in [4.78, 5) is 13.8. The van der Waals surface area contributed by atoms with Crippen molar-refractivity contribution in [2.75, 3.05) is 17.7 Å². The van der Waals surface area contributed by atoms with E-state index in [4.69, 9.17) is 10.3 Å². The summed E-state index contributed by atoms with van der Waals surface area (Å²) in [6.07, 6.45) is 0.245. The number of benzene rings is 2. The van der Waals surface area contributed by atoms with Gasteiger partial charge in [0.2, 0.25) is 7.37 Å². The highest BCUT2D eigenvalue weighted by Gasteiger charge is 2.19. The molecule has 1 heterocycles. The van der Waals surface area contributed by atoms with Gasteiger partial charge in [-0.2, -0.15) is 0 Å². The lowest BCUT2D eigenvalue weighted by Gasteiger charge is -2.17. The normalized spacial score (nSPS) is 13.2. The molecule has 0 aliphatic heterocycles. The van der Waals surface area contributed by atoms with Crippen LogP contribution in [0.15, 0.2) is 60.0 Å². The largest absolute Gasteiger partial charge is 0.397 e. The number of hydrogen-bond donors (Lipinski definition) is 2. The standard InChI is InChI=1S/C22H25N2O3PS/c1-15(2)27-28(3,26)14-16-6-8-17(9-7-16)22(25)24-20-13-18(10-11-19(20)23)21-5-4-12-29-21/h4-13,15H,14,23H2,1-3H3,(H,24,25). The molecule has 0 bridgehead atoms. The maximum atomic E-state index is 12.7. The van der Waals surface area contributed by atoms with E-state index in [2.05, 4.69) is 5.32 Å². The highest BCUT2D eigenvalue weighted by atomic mass is 32.1. The minimum absolute atomic E-state index is 0.0914. The number of nitrogens with one attached hydrogen (secondary N) is 1. The first-order chi connectivity index (χ1) is 13.7. The van der Waals surface area contributed by atoms with Gasteiger partial charge in [0.1, 0.15) is 0 Å². The molecule has 0 aliphatic carbocycles. The Morgan fingerprint density at radius 2 is 1.90 bits per heavy atom. The number of carbonyl (C=O) groups excluding carboxylic acids is 1. The third-order valence-electron chi connectivity index (χ3n) is 4.23. The molecule has 1 unspecified atom stereocenters. The van der Waals surface area contributed by atoms with Crippen LogP contribution >= 0.6 is 18.7 Å². The summed E-state index contributed by atoms with van der Waals surface area (Å²) in [6.45, 7) is 5.36. The van der Waals surface area contributed by atoms with Gasteiger partial charge in [-0.05, 0) is 60.7 Å². The van der Waals surface area contributed by atoms with Crippen molar-refractivity contribution < 1.29 is 13.9 Å². The summed E-state index contributed by atoms with van der Waals surface area (Å²) in [5.41, 5.74) is 9.51. The highest BCUT2D eigenvalue weighted by Crippen LogP contribution is 2.47. The third kappa shape index (κ3) is 5.80. The summed E-state index contributed by atoms with van der Waals surface area (Å²) in [7, 11) is -2.72. The van der Waals surface area contributed by atoms with Crippen molar-refractivity contribution >= 4 is 36.0 Å². The summed E-state index contributed by atoms with van der Waals surface area (Å²) >= 11 is 1.63. The monoisotopic (exact) mass is 428 g/mol. The van der Waals surface area contributed by atoms with Crippen LogP contribution in [0.25, 0.3) is 10.4 Å². The molecule has 0 saturated heterocycles. The van der Waals surface area contributed by atoms with Crippen LogP contribution < -0.4 is 11.1 Å². The molecule has 7 heteroatoms. The van der Waals surface area contributed by atoms with Crippen LogP contribution in [0.1, 0.15) is 29.8 Å². The van der Waals surface area contributed by atoms with Gasteiger partial charge < -0.3 is 15.6 Å². The minimum Gasteiger partial charge on any atom is -0.397 e. The maximum Gasteiger partial charge on any atom is 0.255 e. The van der Waals surface area contributed by atoms with E-state index in [-0.39, 0.29) is 12.0 Å². The second kappa shape index (κ2) is 8.95. The second-order valence-electron chi connectivity index (χ2n) is 7.26. The molecular formula is C22H25N2O3PS. The first kappa shape index (κ1) is 21.3. The van der Waals surface area contributed by atoms with Crippen LogP contribution in [0.2, 0.25) is 0 Å². The van der Waals surface area contributed by atoms with E-state index in [9.17, 15) is 9.36 Å². The van der Waals surface area contributed by atoms with Crippen LogP contribution in [-0.2, 0) is 15.3 Å². The Labute approximate surface area is 175 Å². The molecule has 3 N–H and O–H groups in total. The van der Waals surface area contributed by atoms with Crippen molar-refractivity contribution in [3.63, 3.8) is 0 Å². The fourth-order valence-corrected chi connectivity index (χ4v) is 5.60. The lowest BCUT2D eigenvalue weighted by molar-refractivity contribution is 0.102. The molecular weight excluding hydrogens is 403 g/mol. The summed E-state index contributed by atoms with van der Waals surface area (Å²) in [6, 6.07) is 16.7. The van der Waals surface area contributed by atoms with Crippen LogP contribution in [0.3, 0.4) is 0 Å². The predicted octanol–water partition coefficient (Wildman–Crippen LogP) is 6.08. The molecule has 0 fully saturated rings. The molecule has 2 aromatic carbocycles. The van der Waals surface area contributed by atoms with E-state index in [1.807, 2.05) is 43.5 Å². The third-order valence-corrected chi connectivity index (χ3v) is 6.95. The molecule has 0 saturated carbocycles. The number of amides is 1. The van der Waals surface area contributed by atoms with E-state index < -0.39 is 7.37 Å². The Hall–Kier alpha value is -2.40. The SMILES string of the molecule is CC(C)OP(C)(=O)Cc1ccc(C(=O)Nc2cc(-c3cccs3)ccc2N)cc1. The van der Waals surface area contributed by atoms with Gasteiger partial charge in [-0.15, -0.1) is 11.3 Å². The summed E-state index contributed by atoms with van der Waals surface area (Å²) in [5.74, 6) is -0.246. The van der Waals surface area contributed by atoms with Crippen molar-refractivity contribution in [3.05, 3.63) is 71.1 Å². The number of anilines is 2. The topological polar surface area (TPSA) is 81.4 Å². The van der Waals surface area contributed by atoms with Gasteiger partial charge >= 0.3 is 0 Å². The fraction of sp³-hybridized carbons (Fsp3) is 0.227. The zero-order valence-electron chi connectivity index (χ0n) is 16.7. The quantitative estimate of drug-likeness (QED) is 0.353.